The predicted octanol–water partition coefficient (Wildman–Crippen LogP) is 4.62. The largest absolute Gasteiger partial charge is 0.486 e. The summed E-state index contributed by atoms with van der Waals surface area (Å²) >= 11 is 11.1. The zero-order valence-corrected chi connectivity index (χ0v) is 15.2. The lowest BCUT2D eigenvalue weighted by Crippen LogP contribution is -2.04. The molecule has 0 aliphatic heterocycles. The number of hydrogen-bond donors (Lipinski definition) is 1. The predicted molar refractivity (Wildman–Crippen MR) is 102 cm³/mol. The second-order valence-corrected chi connectivity index (χ2v) is 6.16. The van der Waals surface area contributed by atoms with Gasteiger partial charge in [-0.1, -0.05) is 42.8 Å². The molecule has 0 aliphatic rings. The van der Waals surface area contributed by atoms with Crippen molar-refractivity contribution in [3.8, 4) is 5.75 Å². The fourth-order valence-electron chi connectivity index (χ4n) is 2.18. The van der Waals surface area contributed by atoms with Gasteiger partial charge in [0.2, 0.25) is 4.77 Å². The van der Waals surface area contributed by atoms with E-state index < -0.39 is 0 Å². The molecule has 0 saturated carbocycles. The first-order chi connectivity index (χ1) is 12.2. The molecule has 1 N–H and O–H groups in total. The van der Waals surface area contributed by atoms with Gasteiger partial charge in [0.15, 0.2) is 5.82 Å². The lowest BCUT2D eigenvalue weighted by molar-refractivity contribution is 0.290. The van der Waals surface area contributed by atoms with Gasteiger partial charge in [0.05, 0.1) is 6.21 Å². The molecule has 0 atom stereocenters. The number of rotatable bonds is 6. The average molecular weight is 373 g/mol. The van der Waals surface area contributed by atoms with Gasteiger partial charge in [0, 0.05) is 5.02 Å². The molecule has 5 nitrogen and oxygen atoms in total. The van der Waals surface area contributed by atoms with Crippen molar-refractivity contribution in [2.24, 2.45) is 5.10 Å². The number of hydrogen-bond acceptors (Lipinski definition) is 4. The minimum absolute atomic E-state index is 0.237. The highest BCUT2D eigenvalue weighted by molar-refractivity contribution is 7.71. The van der Waals surface area contributed by atoms with Crippen LogP contribution in [0.1, 0.15) is 23.9 Å². The van der Waals surface area contributed by atoms with Crippen LogP contribution in [0.2, 0.25) is 5.02 Å². The minimum atomic E-state index is 0.237. The first-order valence-corrected chi connectivity index (χ1v) is 8.62. The van der Waals surface area contributed by atoms with E-state index in [0.29, 0.717) is 21.4 Å². The third-order valence-corrected chi connectivity index (χ3v) is 4.13. The Kier molecular flexibility index (Phi) is 5.63. The summed E-state index contributed by atoms with van der Waals surface area (Å²) in [6.45, 7) is 2.36. The van der Waals surface area contributed by atoms with Crippen molar-refractivity contribution in [3.63, 3.8) is 0 Å². The Labute approximate surface area is 155 Å². The lowest BCUT2D eigenvalue weighted by Gasteiger charge is -2.05. The summed E-state index contributed by atoms with van der Waals surface area (Å²) in [7, 11) is 0. The quantitative estimate of drug-likeness (QED) is 0.507. The molecule has 3 rings (SSSR count). The molecule has 128 valence electrons. The van der Waals surface area contributed by atoms with Crippen LogP contribution in [0.3, 0.4) is 0 Å². The van der Waals surface area contributed by atoms with Gasteiger partial charge in [0.1, 0.15) is 12.4 Å². The summed E-state index contributed by atoms with van der Waals surface area (Å²) in [5, 5.41) is 12.0. The Bertz CT molecular complexity index is 913. The van der Waals surface area contributed by atoms with Crippen LogP contribution in [-0.2, 0) is 13.0 Å². The summed E-state index contributed by atoms with van der Waals surface area (Å²) < 4.78 is 7.67. The summed E-state index contributed by atoms with van der Waals surface area (Å²) in [6, 6.07) is 15.4. The topological polar surface area (TPSA) is 55.2 Å². The van der Waals surface area contributed by atoms with E-state index in [1.165, 1.54) is 5.56 Å². The highest BCUT2D eigenvalue weighted by atomic mass is 35.5. The molecule has 3 aromatic rings. The van der Waals surface area contributed by atoms with Crippen molar-refractivity contribution >= 4 is 30.0 Å². The van der Waals surface area contributed by atoms with Gasteiger partial charge in [-0.25, -0.2) is 5.10 Å². The average Bonchev–Trinajstić information content (AvgIpc) is 2.99. The van der Waals surface area contributed by atoms with E-state index in [1.54, 1.807) is 35.2 Å². The first-order valence-electron chi connectivity index (χ1n) is 7.83. The summed E-state index contributed by atoms with van der Waals surface area (Å²) in [4.78, 5) is 0. The zero-order chi connectivity index (χ0) is 17.6. The fourth-order valence-corrected chi connectivity index (χ4v) is 2.50. The number of aromatic amines is 1. The Morgan fingerprint density at radius 2 is 1.92 bits per heavy atom. The highest BCUT2D eigenvalue weighted by Crippen LogP contribution is 2.16. The Hall–Kier alpha value is -2.44. The second kappa shape index (κ2) is 8.09. The van der Waals surface area contributed by atoms with Crippen LogP contribution < -0.4 is 4.74 Å². The van der Waals surface area contributed by atoms with Gasteiger partial charge in [-0.3, -0.25) is 0 Å². The Balaban J connectivity index is 1.73. The molecular weight excluding hydrogens is 356 g/mol. The number of benzene rings is 2. The zero-order valence-electron chi connectivity index (χ0n) is 13.6. The van der Waals surface area contributed by atoms with Crippen molar-refractivity contribution in [2.75, 3.05) is 0 Å². The number of H-pyrrole nitrogens is 1. The maximum atomic E-state index is 5.87. The molecule has 1 aromatic heterocycles. The van der Waals surface area contributed by atoms with E-state index in [1.807, 2.05) is 12.1 Å². The SMILES string of the molecule is CCc1ccc(/C=N\n2c(COc3ccc(Cl)cc3)n[nH]c2=S)cc1. The van der Waals surface area contributed by atoms with E-state index in [2.05, 4.69) is 34.4 Å². The Morgan fingerprint density at radius 3 is 2.60 bits per heavy atom. The smallest absolute Gasteiger partial charge is 0.216 e. The van der Waals surface area contributed by atoms with Crippen molar-refractivity contribution in [3.05, 3.63) is 75.3 Å². The van der Waals surface area contributed by atoms with Crippen LogP contribution in [0.25, 0.3) is 0 Å². The van der Waals surface area contributed by atoms with Crippen molar-refractivity contribution < 1.29 is 4.74 Å². The number of aryl methyl sites for hydroxylation is 1. The van der Waals surface area contributed by atoms with E-state index in [-0.39, 0.29) is 6.61 Å². The minimum Gasteiger partial charge on any atom is -0.486 e. The molecule has 0 spiro atoms. The maximum Gasteiger partial charge on any atom is 0.216 e. The molecule has 2 aromatic carbocycles. The van der Waals surface area contributed by atoms with Crippen molar-refractivity contribution in [2.45, 2.75) is 20.0 Å². The van der Waals surface area contributed by atoms with Crippen molar-refractivity contribution in [1.82, 2.24) is 14.9 Å². The van der Waals surface area contributed by atoms with Gasteiger partial charge in [-0.15, -0.1) is 0 Å². The number of halogens is 1. The number of nitrogens with one attached hydrogen (secondary N) is 1. The normalized spacial score (nSPS) is 11.1. The van der Waals surface area contributed by atoms with Crippen LogP contribution in [-0.4, -0.2) is 21.1 Å². The first kappa shape index (κ1) is 17.4. The maximum absolute atomic E-state index is 5.87. The molecular formula is C18H17ClN4OS. The van der Waals surface area contributed by atoms with Crippen LogP contribution in [0.4, 0.5) is 0 Å². The number of nitrogens with zero attached hydrogens (tertiary/aromatic N) is 3. The molecule has 0 amide bonds. The van der Waals surface area contributed by atoms with Crippen LogP contribution in [0.15, 0.2) is 53.6 Å². The molecule has 0 aliphatic carbocycles. The molecule has 0 fully saturated rings. The molecule has 0 unspecified atom stereocenters. The molecule has 0 bridgehead atoms. The van der Waals surface area contributed by atoms with Gasteiger partial charge in [-0.2, -0.15) is 14.9 Å². The van der Waals surface area contributed by atoms with E-state index in [9.17, 15) is 0 Å². The second-order valence-electron chi connectivity index (χ2n) is 5.34. The summed E-state index contributed by atoms with van der Waals surface area (Å²) in [6.07, 6.45) is 2.76. The molecule has 0 radical (unpaired) electrons. The van der Waals surface area contributed by atoms with Gasteiger partial charge in [0.25, 0.3) is 0 Å². The highest BCUT2D eigenvalue weighted by Gasteiger charge is 2.06. The number of aromatic nitrogens is 3. The van der Waals surface area contributed by atoms with Gasteiger partial charge in [-0.05, 0) is 54.0 Å². The molecule has 1 heterocycles. The van der Waals surface area contributed by atoms with Crippen LogP contribution >= 0.6 is 23.8 Å². The number of ether oxygens (including phenoxy) is 1. The van der Waals surface area contributed by atoms with E-state index in [4.69, 9.17) is 28.6 Å². The summed E-state index contributed by atoms with van der Waals surface area (Å²) in [5.74, 6) is 1.28. The molecule has 0 saturated heterocycles. The third-order valence-electron chi connectivity index (χ3n) is 3.61. The monoisotopic (exact) mass is 372 g/mol. The third kappa shape index (κ3) is 4.55. The fraction of sp³-hybridized carbons (Fsp3) is 0.167. The molecule has 7 heteroatoms. The summed E-state index contributed by atoms with van der Waals surface area (Å²) in [5.41, 5.74) is 2.28. The van der Waals surface area contributed by atoms with Gasteiger partial charge >= 0.3 is 0 Å². The van der Waals surface area contributed by atoms with Crippen LogP contribution in [0, 0.1) is 4.77 Å². The van der Waals surface area contributed by atoms with E-state index in [0.717, 1.165) is 12.0 Å². The lowest BCUT2D eigenvalue weighted by atomic mass is 10.1. The molecule has 25 heavy (non-hydrogen) atoms. The standard InChI is InChI=1S/C18H17ClN4OS/c1-2-13-3-5-14(6-4-13)11-20-23-17(21-22-18(23)25)12-24-16-9-7-15(19)8-10-16/h3-11H,2,12H2,1H3,(H,22,25)/b20-11-. The van der Waals surface area contributed by atoms with Crippen molar-refractivity contribution in [1.29, 1.82) is 0 Å². The van der Waals surface area contributed by atoms with Gasteiger partial charge < -0.3 is 4.74 Å². The Morgan fingerprint density at radius 1 is 1.20 bits per heavy atom. The van der Waals surface area contributed by atoms with Crippen LogP contribution in [0.5, 0.6) is 5.75 Å². The van der Waals surface area contributed by atoms with E-state index >= 15 is 0 Å².